The first kappa shape index (κ1) is 18.0. The molecule has 5 nitrogen and oxygen atoms in total. The summed E-state index contributed by atoms with van der Waals surface area (Å²) < 4.78 is 12.7. The van der Waals surface area contributed by atoms with Gasteiger partial charge in [-0.15, -0.1) is 17.9 Å². The van der Waals surface area contributed by atoms with E-state index in [9.17, 15) is 0 Å². The molecule has 0 aliphatic carbocycles. The number of hydrogen-bond acceptors (Lipinski definition) is 5. The van der Waals surface area contributed by atoms with Crippen LogP contribution in [0.4, 0.5) is 0 Å². The molecule has 0 aliphatic heterocycles. The summed E-state index contributed by atoms with van der Waals surface area (Å²) in [6, 6.07) is 5.76. The minimum absolute atomic E-state index is 0.556. The van der Waals surface area contributed by atoms with Crippen LogP contribution in [0.25, 0.3) is 11.3 Å². The molecule has 1 heterocycles. The Morgan fingerprint density at radius 2 is 2.12 bits per heavy atom. The van der Waals surface area contributed by atoms with Gasteiger partial charge in [0.15, 0.2) is 0 Å². The average molecular weight is 345 g/mol. The molecule has 24 heavy (non-hydrogen) atoms. The molecule has 0 atom stereocenters. The maximum Gasteiger partial charge on any atom is 0.206 e. The van der Waals surface area contributed by atoms with E-state index in [0.29, 0.717) is 6.54 Å². The largest absolute Gasteiger partial charge is 0.497 e. The van der Waals surface area contributed by atoms with Crippen LogP contribution in [0, 0.1) is 0 Å². The van der Waals surface area contributed by atoms with Gasteiger partial charge in [0, 0.05) is 22.7 Å². The third kappa shape index (κ3) is 3.94. The molecule has 1 aromatic carbocycles. The molecule has 0 aliphatic rings. The fourth-order valence-electron chi connectivity index (χ4n) is 2.08. The second-order valence-electron chi connectivity index (χ2n) is 5.10. The van der Waals surface area contributed by atoms with E-state index in [1.165, 1.54) is 0 Å². The summed E-state index contributed by atoms with van der Waals surface area (Å²) in [5.74, 6) is 1.49. The fraction of sp³-hybridized carbons (Fsp3) is 0.333. The number of methoxy groups -OCH3 is 2. The molecule has 0 amide bonds. The highest BCUT2D eigenvalue weighted by Crippen LogP contribution is 2.33. The standard InChI is InChI=1S/C18H23N3O2S/c1-6-10-19-18-21(20-13(3)7-2)16(12-24-18)15-9-8-14(22-4)11-17(15)23-5/h6,8-9,11-12H,1,7,10H2,2-5H3. The fourth-order valence-corrected chi connectivity index (χ4v) is 2.92. The minimum Gasteiger partial charge on any atom is -0.497 e. The number of rotatable bonds is 7. The van der Waals surface area contributed by atoms with Crippen molar-refractivity contribution in [2.24, 2.45) is 10.1 Å². The third-order valence-electron chi connectivity index (χ3n) is 3.51. The molecule has 128 valence electrons. The lowest BCUT2D eigenvalue weighted by Gasteiger charge is -2.11. The zero-order valence-corrected chi connectivity index (χ0v) is 15.4. The van der Waals surface area contributed by atoms with Gasteiger partial charge in [0.1, 0.15) is 11.5 Å². The van der Waals surface area contributed by atoms with E-state index in [2.05, 4.69) is 18.5 Å². The van der Waals surface area contributed by atoms with Crippen molar-refractivity contribution in [2.45, 2.75) is 20.3 Å². The smallest absolute Gasteiger partial charge is 0.206 e. The first-order valence-electron chi connectivity index (χ1n) is 7.73. The molecule has 0 unspecified atom stereocenters. The summed E-state index contributed by atoms with van der Waals surface area (Å²) in [5, 5.41) is 6.75. The topological polar surface area (TPSA) is 48.1 Å². The molecule has 0 spiro atoms. The monoisotopic (exact) mass is 345 g/mol. The van der Waals surface area contributed by atoms with Gasteiger partial charge in [0.2, 0.25) is 4.80 Å². The highest BCUT2D eigenvalue weighted by atomic mass is 32.1. The highest BCUT2D eigenvalue weighted by Gasteiger charge is 2.13. The van der Waals surface area contributed by atoms with Crippen LogP contribution in [-0.4, -0.2) is 31.2 Å². The Kier molecular flexibility index (Phi) is 6.37. The van der Waals surface area contributed by atoms with Gasteiger partial charge in [0.05, 0.1) is 26.5 Å². The number of aromatic nitrogens is 1. The van der Waals surface area contributed by atoms with Gasteiger partial charge < -0.3 is 9.47 Å². The van der Waals surface area contributed by atoms with E-state index < -0.39 is 0 Å². The van der Waals surface area contributed by atoms with E-state index in [1.54, 1.807) is 31.6 Å². The Morgan fingerprint density at radius 1 is 1.33 bits per heavy atom. The SMILES string of the molecule is C=CCN=c1scc(-c2ccc(OC)cc2OC)n1N=C(C)CC. The Hall–Kier alpha value is -2.34. The van der Waals surface area contributed by atoms with E-state index in [-0.39, 0.29) is 0 Å². The molecule has 2 aromatic rings. The van der Waals surface area contributed by atoms with Crippen molar-refractivity contribution in [3.63, 3.8) is 0 Å². The van der Waals surface area contributed by atoms with E-state index in [4.69, 9.17) is 14.6 Å². The van der Waals surface area contributed by atoms with Crippen LogP contribution < -0.4 is 14.3 Å². The number of nitrogens with zero attached hydrogens (tertiary/aromatic N) is 3. The summed E-state index contributed by atoms with van der Waals surface area (Å²) in [5.41, 5.74) is 2.92. The van der Waals surface area contributed by atoms with Crippen molar-refractivity contribution in [3.8, 4) is 22.8 Å². The molecule has 0 N–H and O–H groups in total. The molecule has 0 saturated heterocycles. The first-order valence-corrected chi connectivity index (χ1v) is 8.61. The van der Waals surface area contributed by atoms with Gasteiger partial charge >= 0.3 is 0 Å². The Bertz CT molecular complexity index is 803. The average Bonchev–Trinajstić information content (AvgIpc) is 3.01. The van der Waals surface area contributed by atoms with Gasteiger partial charge in [-0.25, -0.2) is 4.68 Å². The first-order chi connectivity index (χ1) is 11.6. The normalized spacial score (nSPS) is 12.3. The van der Waals surface area contributed by atoms with Crippen molar-refractivity contribution >= 4 is 17.0 Å². The molecular weight excluding hydrogens is 322 g/mol. The molecular formula is C18H23N3O2S. The van der Waals surface area contributed by atoms with Crippen molar-refractivity contribution in [2.75, 3.05) is 20.8 Å². The van der Waals surface area contributed by atoms with Crippen LogP contribution in [0.5, 0.6) is 11.5 Å². The van der Waals surface area contributed by atoms with Crippen LogP contribution in [0.15, 0.2) is 46.3 Å². The zero-order chi connectivity index (χ0) is 17.5. The van der Waals surface area contributed by atoms with Crippen molar-refractivity contribution in [1.82, 2.24) is 4.68 Å². The van der Waals surface area contributed by atoms with Crippen molar-refractivity contribution < 1.29 is 9.47 Å². The van der Waals surface area contributed by atoms with Crippen molar-refractivity contribution in [1.29, 1.82) is 0 Å². The van der Waals surface area contributed by atoms with Crippen LogP contribution in [0.1, 0.15) is 20.3 Å². The predicted molar refractivity (Wildman–Crippen MR) is 100 cm³/mol. The molecule has 0 fully saturated rings. The molecule has 0 saturated carbocycles. The van der Waals surface area contributed by atoms with Gasteiger partial charge in [-0.05, 0) is 25.5 Å². The van der Waals surface area contributed by atoms with E-state index in [0.717, 1.165) is 39.7 Å². The summed E-state index contributed by atoms with van der Waals surface area (Å²) in [4.78, 5) is 5.37. The van der Waals surface area contributed by atoms with Crippen molar-refractivity contribution in [3.05, 3.63) is 41.0 Å². The highest BCUT2D eigenvalue weighted by molar-refractivity contribution is 7.07. The lowest BCUT2D eigenvalue weighted by atomic mass is 10.1. The Morgan fingerprint density at radius 3 is 2.75 bits per heavy atom. The molecule has 0 radical (unpaired) electrons. The van der Waals surface area contributed by atoms with Crippen LogP contribution >= 0.6 is 11.3 Å². The Labute approximate surface area is 146 Å². The predicted octanol–water partition coefficient (Wildman–Crippen LogP) is 3.95. The quantitative estimate of drug-likeness (QED) is 0.563. The van der Waals surface area contributed by atoms with Gasteiger partial charge in [-0.1, -0.05) is 13.0 Å². The lowest BCUT2D eigenvalue weighted by molar-refractivity contribution is 0.395. The summed E-state index contributed by atoms with van der Waals surface area (Å²) >= 11 is 1.55. The number of benzene rings is 1. The number of thiazole rings is 1. The maximum atomic E-state index is 5.53. The van der Waals surface area contributed by atoms with E-state index in [1.807, 2.05) is 35.2 Å². The molecule has 2 rings (SSSR count). The van der Waals surface area contributed by atoms with Crippen LogP contribution in [0.3, 0.4) is 0 Å². The van der Waals surface area contributed by atoms with E-state index >= 15 is 0 Å². The summed E-state index contributed by atoms with van der Waals surface area (Å²) in [6.07, 6.45) is 2.65. The van der Waals surface area contributed by atoms with Gasteiger partial charge in [0.25, 0.3) is 0 Å². The third-order valence-corrected chi connectivity index (χ3v) is 4.36. The maximum absolute atomic E-state index is 5.53. The zero-order valence-electron chi connectivity index (χ0n) is 14.6. The van der Waals surface area contributed by atoms with Gasteiger partial charge in [-0.2, -0.15) is 5.10 Å². The second kappa shape index (κ2) is 8.49. The Balaban J connectivity index is 2.66. The molecule has 6 heteroatoms. The van der Waals surface area contributed by atoms with Crippen LogP contribution in [0.2, 0.25) is 0 Å². The van der Waals surface area contributed by atoms with Crippen LogP contribution in [-0.2, 0) is 0 Å². The van der Waals surface area contributed by atoms with Gasteiger partial charge in [-0.3, -0.25) is 4.99 Å². The summed E-state index contributed by atoms with van der Waals surface area (Å²) in [6.45, 7) is 8.38. The molecule has 0 bridgehead atoms. The molecule has 1 aromatic heterocycles. The second-order valence-corrected chi connectivity index (χ2v) is 5.94. The number of hydrogen-bond donors (Lipinski definition) is 0. The number of ether oxygens (including phenoxy) is 2. The minimum atomic E-state index is 0.556. The summed E-state index contributed by atoms with van der Waals surface area (Å²) in [7, 11) is 3.29. The lowest BCUT2D eigenvalue weighted by Crippen LogP contribution is -2.14.